The van der Waals surface area contributed by atoms with E-state index in [0.29, 0.717) is 0 Å². The highest BCUT2D eigenvalue weighted by atomic mass is 15.2. The predicted molar refractivity (Wildman–Crippen MR) is 276 cm³/mol. The van der Waals surface area contributed by atoms with Crippen molar-refractivity contribution in [3.8, 4) is 11.1 Å². The van der Waals surface area contributed by atoms with Gasteiger partial charge in [0.1, 0.15) is 0 Å². The van der Waals surface area contributed by atoms with Crippen molar-refractivity contribution in [2.24, 2.45) is 0 Å². The highest BCUT2D eigenvalue weighted by Gasteiger charge is 2.17. The molecule has 0 radical (unpaired) electrons. The van der Waals surface area contributed by atoms with Gasteiger partial charge in [-0.3, -0.25) is 0 Å². The lowest BCUT2D eigenvalue weighted by Crippen LogP contribution is -2.12. The molecule has 10 aromatic rings. The van der Waals surface area contributed by atoms with E-state index in [1.54, 1.807) is 0 Å². The molecule has 0 aliphatic heterocycles. The van der Waals surface area contributed by atoms with Crippen molar-refractivity contribution < 1.29 is 0 Å². The Morgan fingerprint density at radius 2 is 0.431 bits per heavy atom. The average Bonchev–Trinajstić information content (AvgIpc) is 3.39. The van der Waals surface area contributed by atoms with E-state index in [4.69, 9.17) is 0 Å². The fourth-order valence-corrected chi connectivity index (χ4v) is 8.46. The van der Waals surface area contributed by atoms with Crippen LogP contribution in [0.3, 0.4) is 0 Å². The largest absolute Gasteiger partial charge is 0.311 e. The van der Waals surface area contributed by atoms with E-state index in [2.05, 4.69) is 300 Å². The van der Waals surface area contributed by atoms with E-state index in [9.17, 15) is 0 Å². The fraction of sp³-hybridized carbons (Fsp3) is 0. The molecule has 0 atom stereocenters. The molecule has 0 saturated heterocycles. The second-order valence-electron chi connectivity index (χ2n) is 15.8. The van der Waals surface area contributed by atoms with Crippen LogP contribution in [0.2, 0.25) is 0 Å². The number of nitrogens with zero attached hydrogens (tertiary/aromatic N) is 3. The Kier molecular flexibility index (Phi) is 11.9. The SMILES string of the molecule is C(=C(c1ccccc1)c1ccccc1)c1ccc(N(c2ccccc2)c2ccc(-c3ccc(N(c4ccccc4)c4ccc(N(c5ccccc5)c5ccccc5)cc4)cc3)cc2)cc1. The Labute approximate surface area is 382 Å². The van der Waals surface area contributed by atoms with Crippen molar-refractivity contribution in [1.82, 2.24) is 0 Å². The first-order chi connectivity index (χ1) is 32.2. The third kappa shape index (κ3) is 9.13. The van der Waals surface area contributed by atoms with Crippen molar-refractivity contribution in [2.75, 3.05) is 14.7 Å². The highest BCUT2D eigenvalue weighted by molar-refractivity contribution is 5.92. The molecule has 10 aromatic carbocycles. The lowest BCUT2D eigenvalue weighted by molar-refractivity contribution is 1.26. The summed E-state index contributed by atoms with van der Waals surface area (Å²) in [6, 6.07) is 98.9. The summed E-state index contributed by atoms with van der Waals surface area (Å²) in [6.45, 7) is 0. The maximum Gasteiger partial charge on any atom is 0.0463 e. The Morgan fingerprint density at radius 3 is 0.708 bits per heavy atom. The first-order valence-electron chi connectivity index (χ1n) is 22.1. The summed E-state index contributed by atoms with van der Waals surface area (Å²) in [6.07, 6.45) is 2.28. The van der Waals surface area contributed by atoms with Gasteiger partial charge in [0.2, 0.25) is 0 Å². The van der Waals surface area contributed by atoms with Crippen LogP contribution in [0.1, 0.15) is 16.7 Å². The van der Waals surface area contributed by atoms with Gasteiger partial charge < -0.3 is 14.7 Å². The Balaban J connectivity index is 0.925. The molecule has 65 heavy (non-hydrogen) atoms. The van der Waals surface area contributed by atoms with Crippen molar-refractivity contribution in [1.29, 1.82) is 0 Å². The van der Waals surface area contributed by atoms with E-state index in [0.717, 1.165) is 67.9 Å². The van der Waals surface area contributed by atoms with Crippen LogP contribution in [0.15, 0.2) is 279 Å². The van der Waals surface area contributed by atoms with E-state index < -0.39 is 0 Å². The molecule has 0 saturated carbocycles. The average molecular weight is 834 g/mol. The first-order valence-corrected chi connectivity index (χ1v) is 22.1. The van der Waals surface area contributed by atoms with E-state index in [1.807, 2.05) is 0 Å². The molecule has 0 heterocycles. The van der Waals surface area contributed by atoms with Crippen LogP contribution in [0, 0.1) is 0 Å². The standard InChI is InChI=1S/C62H47N3/c1-7-19-51(20-8-1)62(52-21-9-2-10-22-52)47-48-31-37-57(38-32-48)64(55-27-15-5-16-28-55)58-39-33-49(34-40-58)50-35-41-59(42-36-50)65(56-29-17-6-18-30-56)61-45-43-60(44-46-61)63(53-23-11-3-12-24-53)54-25-13-4-14-26-54/h1-47H. The van der Waals surface area contributed by atoms with Gasteiger partial charge >= 0.3 is 0 Å². The molecule has 0 fully saturated rings. The van der Waals surface area contributed by atoms with Crippen molar-refractivity contribution in [3.05, 3.63) is 296 Å². The molecule has 10 rings (SSSR count). The maximum absolute atomic E-state index is 2.32. The van der Waals surface area contributed by atoms with E-state index in [-0.39, 0.29) is 0 Å². The van der Waals surface area contributed by atoms with Gasteiger partial charge in [0, 0.05) is 51.2 Å². The molecular formula is C62H47N3. The third-order valence-electron chi connectivity index (χ3n) is 11.6. The number of anilines is 9. The van der Waals surface area contributed by atoms with Gasteiger partial charge in [-0.05, 0) is 149 Å². The molecule has 0 N–H and O–H groups in total. The molecule has 0 aromatic heterocycles. The van der Waals surface area contributed by atoms with Crippen LogP contribution in [0.5, 0.6) is 0 Å². The molecular weight excluding hydrogens is 787 g/mol. The quantitative estimate of drug-likeness (QED) is 0.107. The molecule has 3 nitrogen and oxygen atoms in total. The minimum Gasteiger partial charge on any atom is -0.311 e. The lowest BCUT2D eigenvalue weighted by Gasteiger charge is -2.28. The lowest BCUT2D eigenvalue weighted by atomic mass is 9.95. The zero-order valence-corrected chi connectivity index (χ0v) is 36.0. The van der Waals surface area contributed by atoms with Crippen LogP contribution in [0.4, 0.5) is 51.2 Å². The fourth-order valence-electron chi connectivity index (χ4n) is 8.46. The number of para-hydroxylation sites is 4. The number of rotatable bonds is 13. The first kappa shape index (κ1) is 40.4. The Bertz CT molecular complexity index is 2980. The van der Waals surface area contributed by atoms with Crippen LogP contribution < -0.4 is 14.7 Å². The second kappa shape index (κ2) is 19.2. The van der Waals surface area contributed by atoms with E-state index >= 15 is 0 Å². The summed E-state index contributed by atoms with van der Waals surface area (Å²) in [5, 5.41) is 0. The van der Waals surface area contributed by atoms with Crippen molar-refractivity contribution >= 4 is 62.8 Å². The molecule has 0 spiro atoms. The zero-order valence-electron chi connectivity index (χ0n) is 36.0. The number of benzene rings is 10. The second-order valence-corrected chi connectivity index (χ2v) is 15.8. The minimum absolute atomic E-state index is 1.08. The smallest absolute Gasteiger partial charge is 0.0463 e. The minimum atomic E-state index is 1.08. The summed E-state index contributed by atoms with van der Waals surface area (Å²) < 4.78 is 0. The summed E-state index contributed by atoms with van der Waals surface area (Å²) in [4.78, 5) is 6.92. The molecule has 310 valence electrons. The zero-order chi connectivity index (χ0) is 43.6. The molecule has 0 aliphatic rings. The molecule has 0 bridgehead atoms. The summed E-state index contributed by atoms with van der Waals surface area (Å²) >= 11 is 0. The van der Waals surface area contributed by atoms with Crippen LogP contribution in [0.25, 0.3) is 22.8 Å². The Hall–Kier alpha value is -8.66. The summed E-state index contributed by atoms with van der Waals surface area (Å²) in [5.41, 5.74) is 16.9. The van der Waals surface area contributed by atoms with Crippen LogP contribution in [-0.2, 0) is 0 Å². The molecule has 0 aliphatic carbocycles. The van der Waals surface area contributed by atoms with Gasteiger partial charge in [-0.15, -0.1) is 0 Å². The number of hydrogen-bond acceptors (Lipinski definition) is 3. The molecule has 3 heteroatoms. The normalized spacial score (nSPS) is 10.8. The van der Waals surface area contributed by atoms with Gasteiger partial charge in [0.05, 0.1) is 0 Å². The van der Waals surface area contributed by atoms with Crippen LogP contribution in [-0.4, -0.2) is 0 Å². The van der Waals surface area contributed by atoms with Crippen LogP contribution >= 0.6 is 0 Å². The Morgan fingerprint density at radius 1 is 0.215 bits per heavy atom. The summed E-state index contributed by atoms with van der Waals surface area (Å²) in [7, 11) is 0. The van der Waals surface area contributed by atoms with Gasteiger partial charge in [0.25, 0.3) is 0 Å². The third-order valence-corrected chi connectivity index (χ3v) is 11.6. The van der Waals surface area contributed by atoms with E-state index in [1.165, 1.54) is 16.7 Å². The predicted octanol–water partition coefficient (Wildman–Crippen LogP) is 17.4. The monoisotopic (exact) mass is 833 g/mol. The topological polar surface area (TPSA) is 9.72 Å². The van der Waals surface area contributed by atoms with Gasteiger partial charge in [-0.2, -0.15) is 0 Å². The molecule has 0 amide bonds. The highest BCUT2D eigenvalue weighted by Crippen LogP contribution is 2.41. The summed E-state index contributed by atoms with van der Waals surface area (Å²) in [5.74, 6) is 0. The van der Waals surface area contributed by atoms with Gasteiger partial charge in [0.15, 0.2) is 0 Å². The number of hydrogen-bond donors (Lipinski definition) is 0. The molecule has 0 unspecified atom stereocenters. The van der Waals surface area contributed by atoms with Gasteiger partial charge in [-0.25, -0.2) is 0 Å². The van der Waals surface area contributed by atoms with Crippen molar-refractivity contribution in [2.45, 2.75) is 0 Å². The maximum atomic E-state index is 2.32. The van der Waals surface area contributed by atoms with Crippen molar-refractivity contribution in [3.63, 3.8) is 0 Å². The van der Waals surface area contributed by atoms with Gasteiger partial charge in [-0.1, -0.05) is 170 Å².